The Balaban J connectivity index is 1.05. The molecule has 2 aliphatic rings. The number of piperidine rings is 1. The highest BCUT2D eigenvalue weighted by Gasteiger charge is 2.34. The highest BCUT2D eigenvalue weighted by molar-refractivity contribution is 6.30. The first-order valence-corrected chi connectivity index (χ1v) is 15.0. The Morgan fingerprint density at radius 1 is 0.881 bits per heavy atom. The fourth-order valence-corrected chi connectivity index (χ4v) is 6.42. The number of nitrogens with zero attached hydrogens (tertiary/aromatic N) is 2. The van der Waals surface area contributed by atoms with Gasteiger partial charge in [0.05, 0.1) is 11.6 Å². The molecule has 0 bridgehead atoms. The van der Waals surface area contributed by atoms with Crippen LogP contribution < -0.4 is 9.64 Å². The van der Waals surface area contributed by atoms with Gasteiger partial charge >= 0.3 is 0 Å². The van der Waals surface area contributed by atoms with Gasteiger partial charge in [-0.05, 0) is 109 Å². The number of phenolic OH excluding ortho intramolecular Hbond substituents is 1. The molecule has 4 aromatic rings. The van der Waals surface area contributed by atoms with Gasteiger partial charge in [0, 0.05) is 36.9 Å². The van der Waals surface area contributed by atoms with Gasteiger partial charge in [0.2, 0.25) is 0 Å². The molecule has 0 aliphatic carbocycles. The van der Waals surface area contributed by atoms with Crippen LogP contribution in [-0.2, 0) is 18.4 Å². The first-order valence-electron chi connectivity index (χ1n) is 14.6. The Morgan fingerprint density at radius 2 is 1.60 bits per heavy atom. The molecule has 0 aromatic heterocycles. The molecule has 6 rings (SSSR count). The maximum Gasteiger partial charge on any atom is 0.123 e. The minimum absolute atomic E-state index is 0.0668. The molecule has 218 valence electrons. The van der Waals surface area contributed by atoms with E-state index in [1.54, 1.807) is 6.07 Å². The van der Waals surface area contributed by atoms with Crippen molar-refractivity contribution in [1.29, 1.82) is 0 Å². The van der Waals surface area contributed by atoms with E-state index in [2.05, 4.69) is 21.9 Å². The van der Waals surface area contributed by atoms with Gasteiger partial charge in [-0.15, -0.1) is 0 Å². The molecule has 4 aromatic carbocycles. The summed E-state index contributed by atoms with van der Waals surface area (Å²) in [6.45, 7) is 3.80. The standard InChI is InChI=1S/C35H36ClFN2O3/c36-28-5-3-27(4-6-28)35(41)16-19-38(20-17-35)21-22-42-32-12-1-25(2-13-32)23-34-33-14-11-31(40)24-26(33)15-18-39(34)30-9-7-29(37)8-10-30/h1-14,24,34,40-41H,15-23H2. The zero-order valence-corrected chi connectivity index (χ0v) is 24.3. The number of hydrogen-bond donors (Lipinski definition) is 2. The summed E-state index contributed by atoms with van der Waals surface area (Å²) in [5.41, 5.74) is 4.64. The van der Waals surface area contributed by atoms with Crippen molar-refractivity contribution in [3.63, 3.8) is 0 Å². The van der Waals surface area contributed by atoms with E-state index in [0.717, 1.165) is 61.6 Å². The minimum Gasteiger partial charge on any atom is -0.508 e. The Kier molecular flexibility index (Phi) is 8.38. The number of rotatable bonds is 8. The summed E-state index contributed by atoms with van der Waals surface area (Å²) in [6, 6.07) is 28.2. The van der Waals surface area contributed by atoms with Crippen LogP contribution in [0.25, 0.3) is 0 Å². The van der Waals surface area contributed by atoms with E-state index < -0.39 is 5.60 Å². The monoisotopic (exact) mass is 586 g/mol. The quantitative estimate of drug-likeness (QED) is 0.235. The van der Waals surface area contributed by atoms with Crippen LogP contribution in [0, 0.1) is 5.82 Å². The second kappa shape index (κ2) is 12.3. The molecule has 7 heteroatoms. The van der Waals surface area contributed by atoms with Crippen molar-refractivity contribution >= 4 is 17.3 Å². The molecule has 0 saturated carbocycles. The lowest BCUT2D eigenvalue weighted by atomic mass is 9.84. The molecule has 1 unspecified atom stereocenters. The van der Waals surface area contributed by atoms with Crippen molar-refractivity contribution in [1.82, 2.24) is 4.90 Å². The van der Waals surface area contributed by atoms with Crippen LogP contribution >= 0.6 is 11.6 Å². The number of halogens is 2. The van der Waals surface area contributed by atoms with E-state index in [9.17, 15) is 14.6 Å². The third-order valence-corrected chi connectivity index (χ3v) is 8.99. The highest BCUT2D eigenvalue weighted by Crippen LogP contribution is 2.38. The van der Waals surface area contributed by atoms with E-state index in [4.69, 9.17) is 16.3 Å². The molecular weight excluding hydrogens is 551 g/mol. The number of likely N-dealkylation sites (tertiary alicyclic amines) is 1. The second-order valence-corrected chi connectivity index (χ2v) is 11.8. The van der Waals surface area contributed by atoms with Crippen molar-refractivity contribution in [3.8, 4) is 11.5 Å². The molecule has 1 saturated heterocycles. The number of ether oxygens (including phenoxy) is 1. The Hall–Kier alpha value is -3.58. The summed E-state index contributed by atoms with van der Waals surface area (Å²) in [4.78, 5) is 4.66. The van der Waals surface area contributed by atoms with E-state index in [1.807, 2.05) is 60.7 Å². The Labute approximate surface area is 251 Å². The zero-order chi connectivity index (χ0) is 29.1. The van der Waals surface area contributed by atoms with Crippen molar-refractivity contribution < 1.29 is 19.3 Å². The van der Waals surface area contributed by atoms with E-state index in [-0.39, 0.29) is 17.6 Å². The normalized spacial score (nSPS) is 18.5. The summed E-state index contributed by atoms with van der Waals surface area (Å²) in [5, 5.41) is 21.9. The van der Waals surface area contributed by atoms with Crippen molar-refractivity contribution in [2.45, 2.75) is 37.3 Å². The fourth-order valence-electron chi connectivity index (χ4n) is 6.29. The molecule has 0 radical (unpaired) electrons. The number of phenols is 1. The first kappa shape index (κ1) is 28.5. The second-order valence-electron chi connectivity index (χ2n) is 11.4. The van der Waals surface area contributed by atoms with Crippen molar-refractivity contribution in [3.05, 3.63) is 124 Å². The van der Waals surface area contributed by atoms with Gasteiger partial charge < -0.3 is 19.8 Å². The zero-order valence-electron chi connectivity index (χ0n) is 23.6. The molecule has 2 N–H and O–H groups in total. The summed E-state index contributed by atoms with van der Waals surface area (Å²) >= 11 is 6.01. The molecule has 5 nitrogen and oxygen atoms in total. The number of hydrogen-bond acceptors (Lipinski definition) is 5. The summed E-state index contributed by atoms with van der Waals surface area (Å²) < 4.78 is 19.7. The van der Waals surface area contributed by atoms with Gasteiger partial charge in [0.25, 0.3) is 0 Å². The average Bonchev–Trinajstić information content (AvgIpc) is 3.00. The van der Waals surface area contributed by atoms with Crippen molar-refractivity contribution in [2.75, 3.05) is 37.7 Å². The van der Waals surface area contributed by atoms with Gasteiger partial charge in [-0.25, -0.2) is 4.39 Å². The van der Waals surface area contributed by atoms with Gasteiger partial charge in [-0.1, -0.05) is 41.9 Å². The van der Waals surface area contributed by atoms with Crippen LogP contribution in [0.2, 0.25) is 5.02 Å². The van der Waals surface area contributed by atoms with E-state index in [1.165, 1.54) is 23.3 Å². The number of anilines is 1. The van der Waals surface area contributed by atoms with Gasteiger partial charge in [-0.3, -0.25) is 4.90 Å². The molecule has 0 amide bonds. The van der Waals surface area contributed by atoms with E-state index in [0.29, 0.717) is 24.5 Å². The maximum atomic E-state index is 13.6. The summed E-state index contributed by atoms with van der Waals surface area (Å²) in [5.74, 6) is 0.872. The number of benzene rings is 4. The predicted octanol–water partition coefficient (Wildman–Crippen LogP) is 6.89. The predicted molar refractivity (Wildman–Crippen MR) is 165 cm³/mol. The fraction of sp³-hybridized carbons (Fsp3) is 0.314. The smallest absolute Gasteiger partial charge is 0.123 e. The molecule has 2 heterocycles. The highest BCUT2D eigenvalue weighted by atomic mass is 35.5. The number of aromatic hydroxyl groups is 1. The number of aliphatic hydroxyl groups is 1. The molecule has 1 fully saturated rings. The average molecular weight is 587 g/mol. The molecular formula is C35H36ClFN2O3. The third-order valence-electron chi connectivity index (χ3n) is 8.74. The summed E-state index contributed by atoms with van der Waals surface area (Å²) in [6.07, 6.45) is 2.96. The molecule has 42 heavy (non-hydrogen) atoms. The van der Waals surface area contributed by atoms with E-state index >= 15 is 0 Å². The Bertz CT molecular complexity index is 1490. The summed E-state index contributed by atoms with van der Waals surface area (Å²) in [7, 11) is 0. The van der Waals surface area contributed by atoms with Crippen molar-refractivity contribution in [2.24, 2.45) is 0 Å². The van der Waals surface area contributed by atoms with Crippen LogP contribution in [0.3, 0.4) is 0 Å². The van der Waals surface area contributed by atoms with Crippen LogP contribution in [0.15, 0.2) is 91.0 Å². The largest absolute Gasteiger partial charge is 0.508 e. The van der Waals surface area contributed by atoms with Gasteiger partial charge in [-0.2, -0.15) is 0 Å². The van der Waals surface area contributed by atoms with Crippen LogP contribution in [0.5, 0.6) is 11.5 Å². The Morgan fingerprint density at radius 3 is 2.31 bits per heavy atom. The molecule has 1 atom stereocenters. The topological polar surface area (TPSA) is 56.2 Å². The third kappa shape index (κ3) is 6.41. The SMILES string of the molecule is Oc1ccc2c(c1)CCN(c1ccc(F)cc1)C2Cc1ccc(OCCN2CCC(O)(c3ccc(Cl)cc3)CC2)cc1. The lowest BCUT2D eigenvalue weighted by molar-refractivity contribution is -0.0278. The minimum atomic E-state index is -0.802. The van der Waals surface area contributed by atoms with Gasteiger partial charge in [0.15, 0.2) is 0 Å². The first-order chi connectivity index (χ1) is 20.4. The molecule has 0 spiro atoms. The van der Waals surface area contributed by atoms with Gasteiger partial charge in [0.1, 0.15) is 23.9 Å². The lowest BCUT2D eigenvalue weighted by Crippen LogP contribution is -2.43. The lowest BCUT2D eigenvalue weighted by Gasteiger charge is -2.39. The maximum absolute atomic E-state index is 13.6. The molecule has 2 aliphatic heterocycles. The van der Waals surface area contributed by atoms with Crippen LogP contribution in [0.1, 0.15) is 41.1 Å². The van der Waals surface area contributed by atoms with Crippen LogP contribution in [0.4, 0.5) is 10.1 Å². The number of fused-ring (bicyclic) bond motifs is 1. The van der Waals surface area contributed by atoms with Crippen LogP contribution in [-0.4, -0.2) is 47.9 Å².